The fourth-order valence-corrected chi connectivity index (χ4v) is 3.57. The van der Waals surface area contributed by atoms with Gasteiger partial charge in [0.25, 0.3) is 0 Å². The lowest BCUT2D eigenvalue weighted by Gasteiger charge is -2.11. The molecule has 1 aromatic carbocycles. The van der Waals surface area contributed by atoms with Crippen LogP contribution in [-0.4, -0.2) is 14.5 Å². The van der Waals surface area contributed by atoms with Crippen molar-refractivity contribution < 1.29 is 17.2 Å². The molecule has 0 amide bonds. The summed E-state index contributed by atoms with van der Waals surface area (Å²) in [7, 11) is -3.98. The first kappa shape index (κ1) is 13.5. The van der Waals surface area contributed by atoms with E-state index in [0.717, 1.165) is 6.07 Å². The highest BCUT2D eigenvalue weighted by atomic mass is 79.9. The summed E-state index contributed by atoms with van der Waals surface area (Å²) in [5.41, 5.74) is 0. The summed E-state index contributed by atoms with van der Waals surface area (Å²) in [5, 5.41) is 0. The molecule has 0 saturated heterocycles. The molecule has 0 spiro atoms. The van der Waals surface area contributed by atoms with Crippen LogP contribution in [0.5, 0.6) is 0 Å². The van der Waals surface area contributed by atoms with Crippen molar-refractivity contribution in [3.05, 3.63) is 28.2 Å². The molecule has 0 bridgehead atoms. The largest absolute Gasteiger partial charge is 0.244 e. The SMILES string of the molecule is CC(C)NS(=O)(=O)c1c(F)cc(F)cc1Br. The molecule has 0 aliphatic heterocycles. The van der Waals surface area contributed by atoms with E-state index < -0.39 is 26.6 Å². The first-order valence-electron chi connectivity index (χ1n) is 4.41. The van der Waals surface area contributed by atoms with Crippen molar-refractivity contribution in [2.75, 3.05) is 0 Å². The van der Waals surface area contributed by atoms with E-state index >= 15 is 0 Å². The highest BCUT2D eigenvalue weighted by molar-refractivity contribution is 9.10. The molecule has 0 aliphatic carbocycles. The van der Waals surface area contributed by atoms with E-state index in [0.29, 0.717) is 6.07 Å². The number of benzene rings is 1. The Labute approximate surface area is 101 Å². The van der Waals surface area contributed by atoms with E-state index in [1.165, 1.54) is 0 Å². The third-order valence-electron chi connectivity index (χ3n) is 1.62. The van der Waals surface area contributed by atoms with E-state index in [1.54, 1.807) is 13.8 Å². The van der Waals surface area contributed by atoms with Crippen molar-refractivity contribution in [3.8, 4) is 0 Å². The molecule has 7 heteroatoms. The van der Waals surface area contributed by atoms with Crippen LogP contribution in [0.25, 0.3) is 0 Å². The maximum Gasteiger partial charge on any atom is 0.244 e. The fourth-order valence-electron chi connectivity index (χ4n) is 1.15. The molecule has 0 unspecified atom stereocenters. The summed E-state index contributed by atoms with van der Waals surface area (Å²) in [6, 6.07) is 1.05. The number of halogens is 3. The van der Waals surface area contributed by atoms with Gasteiger partial charge in [0.15, 0.2) is 0 Å². The Morgan fingerprint density at radius 2 is 1.88 bits per heavy atom. The Balaban J connectivity index is 3.34. The Hall–Kier alpha value is -0.530. The Kier molecular flexibility index (Phi) is 4.03. The van der Waals surface area contributed by atoms with Gasteiger partial charge >= 0.3 is 0 Å². The van der Waals surface area contributed by atoms with Gasteiger partial charge in [-0.25, -0.2) is 21.9 Å². The van der Waals surface area contributed by atoms with Gasteiger partial charge in [0.2, 0.25) is 10.0 Å². The predicted molar refractivity (Wildman–Crippen MR) is 59.5 cm³/mol. The van der Waals surface area contributed by atoms with Gasteiger partial charge in [-0.05, 0) is 35.8 Å². The molecule has 1 aromatic rings. The third kappa shape index (κ3) is 2.99. The van der Waals surface area contributed by atoms with Gasteiger partial charge in [0.05, 0.1) is 0 Å². The summed E-state index contributed by atoms with van der Waals surface area (Å²) in [6.45, 7) is 3.21. The molecule has 3 nitrogen and oxygen atoms in total. The molecule has 90 valence electrons. The average Bonchev–Trinajstić information content (AvgIpc) is 1.96. The van der Waals surface area contributed by atoms with Crippen LogP contribution in [-0.2, 0) is 10.0 Å². The van der Waals surface area contributed by atoms with E-state index in [-0.39, 0.29) is 10.5 Å². The molecule has 0 aliphatic rings. The second-order valence-corrected chi connectivity index (χ2v) is 5.98. The van der Waals surface area contributed by atoms with Gasteiger partial charge in [-0.3, -0.25) is 0 Å². The highest BCUT2D eigenvalue weighted by Crippen LogP contribution is 2.26. The quantitative estimate of drug-likeness (QED) is 0.931. The fraction of sp³-hybridized carbons (Fsp3) is 0.333. The van der Waals surface area contributed by atoms with Gasteiger partial charge in [0, 0.05) is 16.6 Å². The van der Waals surface area contributed by atoms with Crippen molar-refractivity contribution in [3.63, 3.8) is 0 Å². The smallest absolute Gasteiger partial charge is 0.209 e. The van der Waals surface area contributed by atoms with Crippen molar-refractivity contribution >= 4 is 26.0 Å². The second kappa shape index (κ2) is 4.77. The molecule has 1 N–H and O–H groups in total. The van der Waals surface area contributed by atoms with Crippen molar-refractivity contribution in [2.24, 2.45) is 0 Å². The number of sulfonamides is 1. The third-order valence-corrected chi connectivity index (χ3v) is 4.24. The summed E-state index contributed by atoms with van der Waals surface area (Å²) in [5.74, 6) is -1.96. The van der Waals surface area contributed by atoms with Gasteiger partial charge in [-0.1, -0.05) is 0 Å². The van der Waals surface area contributed by atoms with Crippen LogP contribution >= 0.6 is 15.9 Å². The van der Waals surface area contributed by atoms with E-state index in [2.05, 4.69) is 20.7 Å². The van der Waals surface area contributed by atoms with Crippen LogP contribution in [0.1, 0.15) is 13.8 Å². The molecule has 0 saturated carbocycles. The summed E-state index contributed by atoms with van der Waals surface area (Å²) < 4.78 is 51.6. The molecule has 1 rings (SSSR count). The Bertz CT molecular complexity index is 479. The molecule has 16 heavy (non-hydrogen) atoms. The van der Waals surface area contributed by atoms with Gasteiger partial charge in [-0.15, -0.1) is 0 Å². The number of hydrogen-bond acceptors (Lipinski definition) is 2. The van der Waals surface area contributed by atoms with Gasteiger partial charge in [-0.2, -0.15) is 0 Å². The molecule has 0 heterocycles. The number of rotatable bonds is 3. The summed E-state index contributed by atoms with van der Waals surface area (Å²) in [4.78, 5) is -0.581. The molecule has 0 fully saturated rings. The molecular weight excluding hydrogens is 304 g/mol. The Morgan fingerprint density at radius 1 is 1.31 bits per heavy atom. The van der Waals surface area contributed by atoms with Crippen molar-refractivity contribution in [1.29, 1.82) is 0 Å². The lowest BCUT2D eigenvalue weighted by Crippen LogP contribution is -2.31. The van der Waals surface area contributed by atoms with Gasteiger partial charge < -0.3 is 0 Å². The van der Waals surface area contributed by atoms with Crippen LogP contribution in [0, 0.1) is 11.6 Å². The minimum absolute atomic E-state index is 0.141. The molecule has 0 radical (unpaired) electrons. The van der Waals surface area contributed by atoms with Crippen molar-refractivity contribution in [2.45, 2.75) is 24.8 Å². The maximum absolute atomic E-state index is 13.4. The van der Waals surface area contributed by atoms with Crippen LogP contribution in [0.4, 0.5) is 8.78 Å². The van der Waals surface area contributed by atoms with E-state index in [1.807, 2.05) is 0 Å². The van der Waals surface area contributed by atoms with Crippen LogP contribution in [0.3, 0.4) is 0 Å². The number of hydrogen-bond donors (Lipinski definition) is 1. The summed E-state index contributed by atoms with van der Waals surface area (Å²) >= 11 is 2.82. The maximum atomic E-state index is 13.4. The first-order valence-corrected chi connectivity index (χ1v) is 6.68. The minimum atomic E-state index is -3.98. The first-order chi connectivity index (χ1) is 7.24. The van der Waals surface area contributed by atoms with Crippen LogP contribution < -0.4 is 4.72 Å². The standard InChI is InChI=1S/C9H10BrF2NO2S/c1-5(2)13-16(14,15)9-7(10)3-6(11)4-8(9)12/h3-5,13H,1-2H3. The second-order valence-electron chi connectivity index (χ2n) is 3.47. The monoisotopic (exact) mass is 313 g/mol. The van der Waals surface area contributed by atoms with Crippen LogP contribution in [0.15, 0.2) is 21.5 Å². The molecular formula is C9H10BrF2NO2S. The Morgan fingerprint density at radius 3 is 2.31 bits per heavy atom. The molecule has 0 atom stereocenters. The average molecular weight is 314 g/mol. The lowest BCUT2D eigenvalue weighted by atomic mass is 10.3. The minimum Gasteiger partial charge on any atom is -0.209 e. The zero-order valence-corrected chi connectivity index (χ0v) is 11.0. The highest BCUT2D eigenvalue weighted by Gasteiger charge is 2.24. The normalized spacial score (nSPS) is 12.1. The lowest BCUT2D eigenvalue weighted by molar-refractivity contribution is 0.536. The van der Waals surface area contributed by atoms with Crippen molar-refractivity contribution in [1.82, 2.24) is 4.72 Å². The predicted octanol–water partition coefficient (Wildman–Crippen LogP) is 2.41. The van der Waals surface area contributed by atoms with Gasteiger partial charge in [0.1, 0.15) is 16.5 Å². The zero-order chi connectivity index (χ0) is 12.5. The van der Waals surface area contributed by atoms with E-state index in [4.69, 9.17) is 0 Å². The summed E-state index contributed by atoms with van der Waals surface area (Å²) in [6.07, 6.45) is 0. The molecule has 0 aromatic heterocycles. The van der Waals surface area contributed by atoms with Crippen LogP contribution in [0.2, 0.25) is 0 Å². The zero-order valence-electron chi connectivity index (χ0n) is 8.59. The topological polar surface area (TPSA) is 46.2 Å². The number of nitrogens with one attached hydrogen (secondary N) is 1. The van der Waals surface area contributed by atoms with E-state index in [9.17, 15) is 17.2 Å².